The molecule has 0 unspecified atom stereocenters. The number of carbonyl (C=O) groups is 1. The first kappa shape index (κ1) is 10.5. The summed E-state index contributed by atoms with van der Waals surface area (Å²) in [5.41, 5.74) is 1.13. The minimum atomic E-state index is -0.791. The molecular weight excluding hydrogens is 212 g/mol. The molecule has 5 heteroatoms. The third kappa shape index (κ3) is 2.17. The van der Waals surface area contributed by atoms with Crippen LogP contribution in [0.3, 0.4) is 0 Å². The molecule has 1 aromatic rings. The monoisotopic (exact) mass is 226 g/mol. The highest BCUT2D eigenvalue weighted by Gasteiger charge is 2.23. The minimum Gasteiger partial charge on any atom is -0.481 e. The van der Waals surface area contributed by atoms with Gasteiger partial charge in [0.1, 0.15) is 0 Å². The predicted molar refractivity (Wildman–Crippen MR) is 58.2 cm³/mol. The van der Waals surface area contributed by atoms with Crippen LogP contribution in [-0.2, 0) is 4.79 Å². The van der Waals surface area contributed by atoms with Crippen molar-refractivity contribution in [1.29, 1.82) is 0 Å². The standard InChI is InChI=1S/C10H14N2O2S/c1-7-5-11-10(15-6-9(13)14)12(7)8-3-2-4-8/h5,8H,2-4,6H2,1H3,(H,13,14). The number of hydrogen-bond donors (Lipinski definition) is 1. The second kappa shape index (κ2) is 4.26. The second-order valence-corrected chi connectivity index (χ2v) is 4.76. The number of aliphatic carboxylic acids is 1. The summed E-state index contributed by atoms with van der Waals surface area (Å²) in [4.78, 5) is 14.7. The van der Waals surface area contributed by atoms with Crippen LogP contribution in [0, 0.1) is 6.92 Å². The van der Waals surface area contributed by atoms with Gasteiger partial charge in [0.15, 0.2) is 5.16 Å². The topological polar surface area (TPSA) is 55.1 Å². The van der Waals surface area contributed by atoms with E-state index in [4.69, 9.17) is 5.11 Å². The molecular formula is C10H14N2O2S. The summed E-state index contributed by atoms with van der Waals surface area (Å²) in [6.45, 7) is 2.02. The van der Waals surface area contributed by atoms with Crippen LogP contribution in [0.15, 0.2) is 11.4 Å². The number of hydrogen-bond acceptors (Lipinski definition) is 3. The minimum absolute atomic E-state index is 0.0865. The van der Waals surface area contributed by atoms with Gasteiger partial charge in [-0.15, -0.1) is 0 Å². The highest BCUT2D eigenvalue weighted by Crippen LogP contribution is 2.35. The molecule has 2 rings (SSSR count). The van der Waals surface area contributed by atoms with Gasteiger partial charge in [-0.2, -0.15) is 0 Å². The Morgan fingerprint density at radius 2 is 2.47 bits per heavy atom. The van der Waals surface area contributed by atoms with Gasteiger partial charge in [0, 0.05) is 17.9 Å². The molecule has 0 bridgehead atoms. The van der Waals surface area contributed by atoms with Crippen molar-refractivity contribution in [1.82, 2.24) is 9.55 Å². The van der Waals surface area contributed by atoms with Gasteiger partial charge in [0.2, 0.25) is 0 Å². The largest absolute Gasteiger partial charge is 0.481 e. The molecule has 15 heavy (non-hydrogen) atoms. The van der Waals surface area contributed by atoms with Crippen LogP contribution in [-0.4, -0.2) is 26.4 Å². The first-order valence-corrected chi connectivity index (χ1v) is 6.05. The van der Waals surface area contributed by atoms with Crippen LogP contribution in [0.2, 0.25) is 0 Å². The summed E-state index contributed by atoms with van der Waals surface area (Å²) in [6.07, 6.45) is 5.48. The van der Waals surface area contributed by atoms with E-state index in [0.717, 1.165) is 10.9 Å². The molecule has 1 aromatic heterocycles. The van der Waals surface area contributed by atoms with E-state index in [9.17, 15) is 4.79 Å². The molecule has 1 saturated carbocycles. The molecule has 1 heterocycles. The summed E-state index contributed by atoms with van der Waals surface area (Å²) in [5.74, 6) is -0.704. The molecule has 1 aliphatic carbocycles. The number of carboxylic acid groups (broad SMARTS) is 1. The Hall–Kier alpha value is -0.970. The van der Waals surface area contributed by atoms with Gasteiger partial charge in [-0.1, -0.05) is 11.8 Å². The summed E-state index contributed by atoms with van der Waals surface area (Å²) < 4.78 is 2.18. The van der Waals surface area contributed by atoms with E-state index in [2.05, 4.69) is 9.55 Å². The first-order chi connectivity index (χ1) is 7.18. The van der Waals surface area contributed by atoms with E-state index in [-0.39, 0.29) is 5.75 Å². The van der Waals surface area contributed by atoms with Gasteiger partial charge in [-0.25, -0.2) is 4.98 Å². The fraction of sp³-hybridized carbons (Fsp3) is 0.600. The number of aryl methyl sites for hydroxylation is 1. The van der Waals surface area contributed by atoms with Crippen molar-refractivity contribution in [2.75, 3.05) is 5.75 Å². The SMILES string of the molecule is Cc1cnc(SCC(=O)O)n1C1CCC1. The van der Waals surface area contributed by atoms with Gasteiger partial charge in [-0.3, -0.25) is 4.79 Å². The van der Waals surface area contributed by atoms with Crippen molar-refractivity contribution < 1.29 is 9.90 Å². The third-order valence-corrected chi connectivity index (χ3v) is 3.66. The molecule has 0 saturated heterocycles. The van der Waals surface area contributed by atoms with Gasteiger partial charge >= 0.3 is 5.97 Å². The van der Waals surface area contributed by atoms with Gasteiger partial charge < -0.3 is 9.67 Å². The number of aromatic nitrogens is 2. The maximum Gasteiger partial charge on any atom is 0.313 e. The normalized spacial score (nSPS) is 16.3. The van der Waals surface area contributed by atoms with E-state index < -0.39 is 5.97 Å². The molecule has 82 valence electrons. The number of carboxylic acids is 1. The van der Waals surface area contributed by atoms with Crippen molar-refractivity contribution >= 4 is 17.7 Å². The van der Waals surface area contributed by atoms with Crippen molar-refractivity contribution in [3.63, 3.8) is 0 Å². The zero-order valence-corrected chi connectivity index (χ0v) is 9.46. The number of rotatable bonds is 4. The molecule has 1 fully saturated rings. The van der Waals surface area contributed by atoms with Crippen molar-refractivity contribution in [3.8, 4) is 0 Å². The number of nitrogens with zero attached hydrogens (tertiary/aromatic N) is 2. The maximum absolute atomic E-state index is 10.5. The van der Waals surface area contributed by atoms with E-state index in [1.165, 1.54) is 31.0 Å². The number of thioether (sulfide) groups is 1. The molecule has 1 N–H and O–H groups in total. The molecule has 0 spiro atoms. The summed E-state index contributed by atoms with van der Waals surface area (Å²) >= 11 is 1.31. The van der Waals surface area contributed by atoms with Gasteiger partial charge in [0.05, 0.1) is 5.75 Å². The van der Waals surface area contributed by atoms with E-state index >= 15 is 0 Å². The van der Waals surface area contributed by atoms with Gasteiger partial charge in [-0.05, 0) is 26.2 Å². The Kier molecular flexibility index (Phi) is 3.00. The van der Waals surface area contributed by atoms with Crippen molar-refractivity contribution in [3.05, 3.63) is 11.9 Å². The van der Waals surface area contributed by atoms with Crippen LogP contribution in [0.25, 0.3) is 0 Å². The lowest BCUT2D eigenvalue weighted by molar-refractivity contribution is -0.133. The molecule has 0 aromatic carbocycles. The average molecular weight is 226 g/mol. The second-order valence-electron chi connectivity index (χ2n) is 3.82. The molecule has 0 atom stereocenters. The van der Waals surface area contributed by atoms with Crippen LogP contribution in [0.1, 0.15) is 31.0 Å². The number of imidazole rings is 1. The Morgan fingerprint density at radius 1 is 1.73 bits per heavy atom. The predicted octanol–water partition coefficient (Wildman–Crippen LogP) is 2.09. The summed E-state index contributed by atoms with van der Waals surface area (Å²) in [6, 6.07) is 0.545. The van der Waals surface area contributed by atoms with Crippen molar-refractivity contribution in [2.24, 2.45) is 0 Å². The van der Waals surface area contributed by atoms with E-state index in [1.54, 1.807) is 0 Å². The smallest absolute Gasteiger partial charge is 0.313 e. The van der Waals surface area contributed by atoms with E-state index in [1.807, 2.05) is 13.1 Å². The van der Waals surface area contributed by atoms with Crippen LogP contribution < -0.4 is 0 Å². The first-order valence-electron chi connectivity index (χ1n) is 5.07. The lowest BCUT2D eigenvalue weighted by atomic mass is 9.93. The summed E-state index contributed by atoms with van der Waals surface area (Å²) in [5, 5.41) is 9.47. The highest BCUT2D eigenvalue weighted by molar-refractivity contribution is 7.99. The van der Waals surface area contributed by atoms with Crippen LogP contribution in [0.4, 0.5) is 0 Å². The highest BCUT2D eigenvalue weighted by atomic mass is 32.2. The molecule has 0 amide bonds. The van der Waals surface area contributed by atoms with Crippen LogP contribution >= 0.6 is 11.8 Å². The Morgan fingerprint density at radius 3 is 3.00 bits per heavy atom. The molecule has 0 radical (unpaired) electrons. The zero-order chi connectivity index (χ0) is 10.8. The lowest BCUT2D eigenvalue weighted by Gasteiger charge is -2.29. The maximum atomic E-state index is 10.5. The molecule has 0 aliphatic heterocycles. The fourth-order valence-electron chi connectivity index (χ4n) is 1.75. The quantitative estimate of drug-likeness (QED) is 0.799. The Labute approximate surface area is 92.7 Å². The zero-order valence-electron chi connectivity index (χ0n) is 8.64. The molecule has 4 nitrogen and oxygen atoms in total. The summed E-state index contributed by atoms with van der Waals surface area (Å²) in [7, 11) is 0. The van der Waals surface area contributed by atoms with Crippen LogP contribution in [0.5, 0.6) is 0 Å². The van der Waals surface area contributed by atoms with Crippen molar-refractivity contribution in [2.45, 2.75) is 37.4 Å². The van der Waals surface area contributed by atoms with E-state index in [0.29, 0.717) is 6.04 Å². The van der Waals surface area contributed by atoms with Gasteiger partial charge in [0.25, 0.3) is 0 Å². The lowest BCUT2D eigenvalue weighted by Crippen LogP contribution is -2.19. The third-order valence-electron chi connectivity index (χ3n) is 2.71. The Bertz CT molecular complexity index is 371. The fourth-order valence-corrected chi connectivity index (χ4v) is 2.56. The Balaban J connectivity index is 2.12. The molecule has 1 aliphatic rings. The average Bonchev–Trinajstić information content (AvgIpc) is 2.43.